The third kappa shape index (κ3) is 2.94. The van der Waals surface area contributed by atoms with E-state index in [1.807, 2.05) is 6.07 Å². The highest BCUT2D eigenvalue weighted by Crippen LogP contribution is 2.19. The largest absolute Gasteiger partial charge is 0.451 e. The van der Waals surface area contributed by atoms with Gasteiger partial charge in [-0.1, -0.05) is 48.5 Å². The highest BCUT2D eigenvalue weighted by atomic mass is 19.1. The minimum atomic E-state index is -0.848. The Balaban J connectivity index is 2.10. The summed E-state index contributed by atoms with van der Waals surface area (Å²) in [4.78, 5) is 11.8. The van der Waals surface area contributed by atoms with Gasteiger partial charge in [0.05, 0.1) is 5.56 Å². The summed E-state index contributed by atoms with van der Waals surface area (Å²) in [6.45, 7) is -0.734. The summed E-state index contributed by atoms with van der Waals surface area (Å²) < 4.78 is 18.1. The molecule has 0 heterocycles. The van der Waals surface area contributed by atoms with Gasteiger partial charge in [0.2, 0.25) is 0 Å². The monoisotopic (exact) mass is 244 g/mol. The molecule has 2 rings (SSSR count). The zero-order valence-corrected chi connectivity index (χ0v) is 9.75. The molecule has 0 N–H and O–H groups in total. The van der Waals surface area contributed by atoms with Gasteiger partial charge in [-0.3, -0.25) is 0 Å². The lowest BCUT2D eigenvalue weighted by Crippen LogP contribution is -2.13. The molecule has 0 saturated carbocycles. The first kappa shape index (κ1) is 12.3. The smallest absolute Gasteiger partial charge is 0.338 e. The Labute approximate surface area is 105 Å². The Morgan fingerprint density at radius 2 is 1.56 bits per heavy atom. The van der Waals surface area contributed by atoms with Crippen LogP contribution >= 0.6 is 0 Å². The molecule has 18 heavy (non-hydrogen) atoms. The molecule has 2 aromatic carbocycles. The molecule has 0 radical (unpaired) electrons. The van der Waals surface area contributed by atoms with Crippen molar-refractivity contribution >= 4 is 5.97 Å². The summed E-state index contributed by atoms with van der Waals surface area (Å²) in [5, 5.41) is 0. The Hall–Kier alpha value is -2.16. The van der Waals surface area contributed by atoms with Crippen LogP contribution in [0, 0.1) is 0 Å². The fourth-order valence-corrected chi connectivity index (χ4v) is 1.63. The van der Waals surface area contributed by atoms with Gasteiger partial charge in [-0.05, 0) is 17.7 Å². The van der Waals surface area contributed by atoms with Crippen molar-refractivity contribution in [3.63, 3.8) is 0 Å². The third-order valence-electron chi connectivity index (χ3n) is 2.57. The lowest BCUT2D eigenvalue weighted by molar-refractivity contribution is 0.0234. The molecule has 2 nitrogen and oxygen atoms in total. The maximum absolute atomic E-state index is 12.9. The second-order valence-electron chi connectivity index (χ2n) is 3.82. The molecule has 1 atom stereocenters. The van der Waals surface area contributed by atoms with E-state index in [9.17, 15) is 9.18 Å². The lowest BCUT2D eigenvalue weighted by atomic mass is 10.1. The summed E-state index contributed by atoms with van der Waals surface area (Å²) in [6.07, 6.45) is -0.848. The van der Waals surface area contributed by atoms with E-state index < -0.39 is 18.7 Å². The average molecular weight is 244 g/mol. The number of hydrogen-bond acceptors (Lipinski definition) is 2. The molecule has 0 aliphatic rings. The summed E-state index contributed by atoms with van der Waals surface area (Å²) >= 11 is 0. The molecule has 0 bridgehead atoms. The van der Waals surface area contributed by atoms with Crippen molar-refractivity contribution in [2.75, 3.05) is 6.67 Å². The van der Waals surface area contributed by atoms with E-state index in [0.29, 0.717) is 11.1 Å². The molecule has 0 saturated heterocycles. The van der Waals surface area contributed by atoms with Crippen LogP contribution < -0.4 is 0 Å². The van der Waals surface area contributed by atoms with Gasteiger partial charge in [0, 0.05) is 0 Å². The summed E-state index contributed by atoms with van der Waals surface area (Å²) in [7, 11) is 0. The van der Waals surface area contributed by atoms with Crippen molar-refractivity contribution in [2.45, 2.75) is 6.10 Å². The van der Waals surface area contributed by atoms with E-state index in [4.69, 9.17) is 4.74 Å². The van der Waals surface area contributed by atoms with Crippen LogP contribution in [0.1, 0.15) is 22.0 Å². The molecule has 0 aliphatic carbocycles. The number of carbonyl (C=O) groups excluding carboxylic acids is 1. The zero-order chi connectivity index (χ0) is 12.8. The summed E-state index contributed by atoms with van der Waals surface area (Å²) in [5.41, 5.74) is 1.08. The van der Waals surface area contributed by atoms with E-state index in [-0.39, 0.29) is 0 Å². The molecule has 0 spiro atoms. The third-order valence-corrected chi connectivity index (χ3v) is 2.57. The molecule has 0 unspecified atom stereocenters. The minimum absolute atomic E-state index is 0.423. The summed E-state index contributed by atoms with van der Waals surface area (Å²) in [6, 6.07) is 17.4. The van der Waals surface area contributed by atoms with Crippen LogP contribution in [-0.4, -0.2) is 12.6 Å². The Morgan fingerprint density at radius 3 is 2.11 bits per heavy atom. The first-order chi connectivity index (χ1) is 8.81. The van der Waals surface area contributed by atoms with Gasteiger partial charge >= 0.3 is 5.97 Å². The molecule has 3 heteroatoms. The number of alkyl halides is 1. The number of esters is 1. The second kappa shape index (κ2) is 5.96. The topological polar surface area (TPSA) is 26.3 Å². The average Bonchev–Trinajstić information content (AvgIpc) is 2.46. The predicted molar refractivity (Wildman–Crippen MR) is 67.0 cm³/mol. The maximum Gasteiger partial charge on any atom is 0.338 e. The van der Waals surface area contributed by atoms with Gasteiger partial charge in [0.1, 0.15) is 6.67 Å². The van der Waals surface area contributed by atoms with Gasteiger partial charge < -0.3 is 4.74 Å². The van der Waals surface area contributed by atoms with Crippen LogP contribution in [-0.2, 0) is 4.74 Å². The van der Waals surface area contributed by atoms with Gasteiger partial charge in [0.25, 0.3) is 0 Å². The standard InChI is InChI=1S/C15H13FO2/c16-11-14(12-7-3-1-4-8-12)18-15(17)13-9-5-2-6-10-13/h1-10,14H,11H2/t14-/m1/s1. The van der Waals surface area contributed by atoms with Crippen LogP contribution in [0.5, 0.6) is 0 Å². The van der Waals surface area contributed by atoms with Gasteiger partial charge in [-0.2, -0.15) is 0 Å². The first-order valence-electron chi connectivity index (χ1n) is 5.68. The Bertz CT molecular complexity index is 496. The van der Waals surface area contributed by atoms with Crippen molar-refractivity contribution in [3.8, 4) is 0 Å². The van der Waals surface area contributed by atoms with Crippen LogP contribution in [0.4, 0.5) is 4.39 Å². The van der Waals surface area contributed by atoms with Crippen molar-refractivity contribution in [1.29, 1.82) is 0 Å². The molecule has 0 aliphatic heterocycles. The quantitative estimate of drug-likeness (QED) is 0.769. The number of hydrogen-bond donors (Lipinski definition) is 0. The van der Waals surface area contributed by atoms with E-state index in [2.05, 4.69) is 0 Å². The maximum atomic E-state index is 12.9. The normalized spacial score (nSPS) is 11.8. The molecular weight excluding hydrogens is 231 g/mol. The van der Waals surface area contributed by atoms with Crippen LogP contribution in [0.25, 0.3) is 0 Å². The minimum Gasteiger partial charge on any atom is -0.451 e. The zero-order valence-electron chi connectivity index (χ0n) is 9.75. The van der Waals surface area contributed by atoms with Crippen molar-refractivity contribution < 1.29 is 13.9 Å². The fraction of sp³-hybridized carbons (Fsp3) is 0.133. The molecule has 0 amide bonds. The highest BCUT2D eigenvalue weighted by Gasteiger charge is 2.17. The first-order valence-corrected chi connectivity index (χ1v) is 5.68. The number of rotatable bonds is 4. The van der Waals surface area contributed by atoms with Crippen LogP contribution in [0.3, 0.4) is 0 Å². The van der Waals surface area contributed by atoms with Gasteiger partial charge in [-0.15, -0.1) is 0 Å². The number of carbonyl (C=O) groups is 1. The SMILES string of the molecule is O=C(O[C@H](CF)c1ccccc1)c1ccccc1. The van der Waals surface area contributed by atoms with Crippen LogP contribution in [0.2, 0.25) is 0 Å². The molecule has 0 aromatic heterocycles. The molecular formula is C15H13FO2. The van der Waals surface area contributed by atoms with E-state index in [0.717, 1.165) is 0 Å². The van der Waals surface area contributed by atoms with Gasteiger partial charge in [0.15, 0.2) is 6.10 Å². The van der Waals surface area contributed by atoms with Crippen LogP contribution in [0.15, 0.2) is 60.7 Å². The van der Waals surface area contributed by atoms with Crippen molar-refractivity contribution in [3.05, 3.63) is 71.8 Å². The number of ether oxygens (including phenoxy) is 1. The Morgan fingerprint density at radius 1 is 1.00 bits per heavy atom. The van der Waals surface area contributed by atoms with Crippen molar-refractivity contribution in [1.82, 2.24) is 0 Å². The number of benzene rings is 2. The second-order valence-corrected chi connectivity index (χ2v) is 3.82. The summed E-state index contributed by atoms with van der Waals surface area (Å²) in [5.74, 6) is -0.512. The molecule has 0 fully saturated rings. The van der Waals surface area contributed by atoms with Gasteiger partial charge in [-0.25, -0.2) is 9.18 Å². The van der Waals surface area contributed by atoms with E-state index in [1.54, 1.807) is 54.6 Å². The van der Waals surface area contributed by atoms with E-state index in [1.165, 1.54) is 0 Å². The molecule has 92 valence electrons. The van der Waals surface area contributed by atoms with Crippen molar-refractivity contribution in [2.24, 2.45) is 0 Å². The van der Waals surface area contributed by atoms with E-state index >= 15 is 0 Å². The Kier molecular flexibility index (Phi) is 4.07. The highest BCUT2D eigenvalue weighted by molar-refractivity contribution is 5.89. The predicted octanol–water partition coefficient (Wildman–Crippen LogP) is 3.55. The molecule has 2 aromatic rings. The number of halogens is 1. The lowest BCUT2D eigenvalue weighted by Gasteiger charge is -2.14. The fourth-order valence-electron chi connectivity index (χ4n) is 1.63.